The number of urea groups is 1. The topological polar surface area (TPSA) is 459 Å². The summed E-state index contributed by atoms with van der Waals surface area (Å²) >= 11 is 1.47. The summed E-state index contributed by atoms with van der Waals surface area (Å²) in [6, 6.07) is 11.4. The number of rotatable bonds is 73. The smallest absolute Gasteiger partial charge is 0.410 e. The SMILES string of the molecule is CC[C@H](C)[C@@H]([C@@H](CC(=O)N1CCC[C@H]1[C@H](OC)[C@@H](C)C(=O)N[C@H](C)[C@H](O)c1ccccc1)OC)N(C)C(=O)[C@@H](CC(=O)[C@H](C(C)C)N(C)C(=O)OCc1ccc(CC(=O)[C@H](CCCNC(N)=O)NC(=O)[C@@H](CC(=O)COCC(=O)CCCOCCOCCOCCOCCOCCOCCOCCOCCn2cc(CNC(=O)CCCC#Cc3cnc(SC)nc3)nn2)C(C)C)cc1)C(C)C. The highest BCUT2D eigenvalue weighted by Crippen LogP contribution is 2.33. The fourth-order valence-electron chi connectivity index (χ4n) is 15.7. The van der Waals surface area contributed by atoms with E-state index in [-0.39, 0.29) is 130 Å². The zero-order chi connectivity index (χ0) is 99.7. The fourth-order valence-corrected chi connectivity index (χ4v) is 16.0. The molecule has 37 nitrogen and oxygen atoms in total. The molecule has 1 fully saturated rings. The lowest BCUT2D eigenvalue weighted by Crippen LogP contribution is -2.55. The molecule has 0 saturated carbocycles. The lowest BCUT2D eigenvalue weighted by Gasteiger charge is -2.41. The third-order valence-corrected chi connectivity index (χ3v) is 24.2. The summed E-state index contributed by atoms with van der Waals surface area (Å²) < 4.78 is 69.7. The van der Waals surface area contributed by atoms with Crippen molar-refractivity contribution in [1.29, 1.82) is 0 Å². The standard InChI is InChI=1S/C98H153N13O24S/c1-16-70(8)90(86(124-13)59-88(117)111-38-24-31-83(111)92(125-14)71(9)93(119)104-72(10)91(118)76-27-20-18-21-28-76)108(11)95(121)81(68(4)5)58-85(115)89(69(6)7)109(12)98(123)135-64-74-35-33-73(34-36-74)56-84(114)82(30-23-37-100-96(99)122)105-94(120)80(67(2)3)57-79(113)66-134-65-78(112)29-25-40-126-42-44-128-46-48-130-50-52-132-54-55-133-53-51-131-49-47-129-45-43-127-41-39-110-63-77(106-107-110)62-101-87(116)32-22-17-19-26-75-60-102-97(136-15)103-61-75/h18,20-21,27-28,33-36,60-61,63,67-72,80-83,86,89-92,118H,16-17,22-25,29-32,37-59,62,64-66H2,1-15H3,(H,101,116)(H,104,119)(H,105,120)(H3,99,100,122)/t70-,71+,72+,80-,81-,82-,83-,86+,89-,90-,91-,92+/m0/s1. The molecule has 1 aliphatic rings. The maximum Gasteiger partial charge on any atom is 0.410 e. The molecule has 0 unspecified atom stereocenters. The normalized spacial score (nSPS) is 15.1. The third kappa shape index (κ3) is 44.6. The Hall–Kier alpha value is -9.34. The van der Waals surface area contributed by atoms with Crippen LogP contribution in [0.5, 0.6) is 0 Å². The molecule has 136 heavy (non-hydrogen) atoms. The van der Waals surface area contributed by atoms with Gasteiger partial charge >= 0.3 is 12.1 Å². The van der Waals surface area contributed by atoms with Crippen LogP contribution in [0.4, 0.5) is 9.59 Å². The van der Waals surface area contributed by atoms with Crippen LogP contribution in [0.15, 0.2) is 78.3 Å². The number of nitrogens with zero attached hydrogens (tertiary/aromatic N) is 8. The molecule has 5 rings (SSSR count). The number of likely N-dealkylation sites (tertiary alicyclic amines) is 1. The average molecular weight is 1930 g/mol. The van der Waals surface area contributed by atoms with Crippen molar-refractivity contribution < 1.29 is 115 Å². The van der Waals surface area contributed by atoms with Gasteiger partial charge in [-0.2, -0.15) is 0 Å². The molecule has 760 valence electrons. The van der Waals surface area contributed by atoms with Crippen LogP contribution in [-0.4, -0.2) is 319 Å². The number of aliphatic hydroxyl groups is 1. The van der Waals surface area contributed by atoms with E-state index >= 15 is 0 Å². The van der Waals surface area contributed by atoms with Gasteiger partial charge in [-0.15, -0.1) is 5.10 Å². The van der Waals surface area contributed by atoms with Crippen molar-refractivity contribution in [2.75, 3.05) is 167 Å². The fraction of sp³-hybridized carbons (Fsp3) is 0.684. The number of aliphatic hydroxyl groups excluding tert-OH is 1. The maximum absolute atomic E-state index is 15.0. The number of thioether (sulfide) groups is 1. The molecule has 7 N–H and O–H groups in total. The van der Waals surface area contributed by atoms with Gasteiger partial charge in [0.15, 0.2) is 28.3 Å². The molecule has 38 heteroatoms. The molecule has 0 radical (unpaired) electrons. The molecular formula is C98H153N13O24S. The Morgan fingerprint density at radius 3 is 1.76 bits per heavy atom. The number of amides is 8. The molecule has 2 aromatic heterocycles. The number of carbonyl (C=O) groups is 11. The highest BCUT2D eigenvalue weighted by molar-refractivity contribution is 7.98. The number of hydrogen-bond acceptors (Lipinski definition) is 29. The predicted molar refractivity (Wildman–Crippen MR) is 510 cm³/mol. The number of nitrogens with one attached hydrogen (secondary N) is 4. The first-order chi connectivity index (χ1) is 65.3. The first kappa shape index (κ1) is 117. The van der Waals surface area contributed by atoms with Crippen molar-refractivity contribution >= 4 is 76.6 Å². The number of hydrogen-bond donors (Lipinski definition) is 6. The van der Waals surface area contributed by atoms with Crippen molar-refractivity contribution in [1.82, 2.24) is 60.9 Å². The second-order valence-electron chi connectivity index (χ2n) is 35.1. The molecule has 0 aliphatic carbocycles. The second kappa shape index (κ2) is 67.0. The number of aromatic nitrogens is 5. The Labute approximate surface area is 807 Å². The molecule has 0 spiro atoms. The van der Waals surface area contributed by atoms with E-state index in [1.807, 2.05) is 66.0 Å². The van der Waals surface area contributed by atoms with Gasteiger partial charge in [-0.1, -0.05) is 152 Å². The minimum absolute atomic E-state index is 0.0775. The van der Waals surface area contributed by atoms with E-state index in [2.05, 4.69) is 53.4 Å². The molecular weight excluding hydrogens is 1780 g/mol. The van der Waals surface area contributed by atoms with Gasteiger partial charge in [-0.05, 0) is 92.1 Å². The van der Waals surface area contributed by atoms with Crippen molar-refractivity contribution in [2.45, 2.75) is 233 Å². The van der Waals surface area contributed by atoms with Crippen LogP contribution in [0.1, 0.15) is 187 Å². The number of primary amides is 1. The third-order valence-electron chi connectivity index (χ3n) is 23.6. The molecule has 1 saturated heterocycles. The summed E-state index contributed by atoms with van der Waals surface area (Å²) in [6.07, 6.45) is 7.81. The monoisotopic (exact) mass is 1930 g/mol. The Balaban J connectivity index is 0.913. The summed E-state index contributed by atoms with van der Waals surface area (Å²) in [7, 11) is 6.19. The van der Waals surface area contributed by atoms with E-state index in [0.29, 0.717) is 191 Å². The minimum Gasteiger partial charge on any atom is -0.445 e. The number of benzene rings is 2. The van der Waals surface area contributed by atoms with Gasteiger partial charge in [0.05, 0.1) is 185 Å². The summed E-state index contributed by atoms with van der Waals surface area (Å²) in [5.41, 5.74) is 8.52. The number of methoxy groups -OCH3 is 2. The van der Waals surface area contributed by atoms with Gasteiger partial charge in [0.2, 0.25) is 29.5 Å². The molecule has 4 aromatic rings. The first-order valence-corrected chi connectivity index (χ1v) is 48.8. The number of ketones is 4. The Morgan fingerprint density at radius 1 is 0.625 bits per heavy atom. The van der Waals surface area contributed by atoms with Crippen LogP contribution in [0.25, 0.3) is 0 Å². The molecule has 0 bridgehead atoms. The largest absolute Gasteiger partial charge is 0.445 e. The zero-order valence-electron chi connectivity index (χ0n) is 82.7. The lowest BCUT2D eigenvalue weighted by molar-refractivity contribution is -0.149. The predicted octanol–water partition coefficient (Wildman–Crippen LogP) is 8.09. The van der Waals surface area contributed by atoms with E-state index in [4.69, 9.17) is 62.6 Å². The Kier molecular flexibility index (Phi) is 57.8. The second-order valence-corrected chi connectivity index (χ2v) is 35.8. The molecule has 3 heterocycles. The van der Waals surface area contributed by atoms with Gasteiger partial charge in [0.25, 0.3) is 0 Å². The summed E-state index contributed by atoms with van der Waals surface area (Å²) in [6.45, 7) is 25.1. The van der Waals surface area contributed by atoms with Gasteiger partial charge in [0, 0.05) is 111 Å². The van der Waals surface area contributed by atoms with Crippen molar-refractivity contribution in [3.8, 4) is 11.8 Å². The highest BCUT2D eigenvalue weighted by Gasteiger charge is 2.45. The molecule has 2 aromatic carbocycles. The van der Waals surface area contributed by atoms with Crippen LogP contribution in [0, 0.1) is 53.3 Å². The Bertz CT molecular complexity index is 4240. The summed E-state index contributed by atoms with van der Waals surface area (Å²) in [4.78, 5) is 163. The molecule has 8 amide bonds. The van der Waals surface area contributed by atoms with E-state index in [1.54, 1.807) is 104 Å². The number of carbonyl (C=O) groups excluding carboxylic acids is 11. The van der Waals surface area contributed by atoms with Crippen LogP contribution in [0.3, 0.4) is 0 Å². The zero-order valence-corrected chi connectivity index (χ0v) is 83.5. The van der Waals surface area contributed by atoms with E-state index in [0.717, 1.165) is 5.56 Å². The minimum atomic E-state index is -1.02. The number of ether oxygens (including phenoxy) is 12. The highest BCUT2D eigenvalue weighted by atomic mass is 32.2. The van der Waals surface area contributed by atoms with Crippen molar-refractivity contribution in [3.63, 3.8) is 0 Å². The van der Waals surface area contributed by atoms with Crippen LogP contribution >= 0.6 is 11.8 Å². The van der Waals surface area contributed by atoms with Crippen LogP contribution < -0.4 is 27.0 Å². The lowest BCUT2D eigenvalue weighted by atomic mass is 9.83. The number of unbranched alkanes of at least 4 members (excludes halogenated alkanes) is 1. The van der Waals surface area contributed by atoms with Gasteiger partial charge in [-0.3, -0.25) is 43.2 Å². The molecule has 1 aliphatic heterocycles. The van der Waals surface area contributed by atoms with Crippen molar-refractivity contribution in [3.05, 3.63) is 101 Å². The van der Waals surface area contributed by atoms with Gasteiger partial charge < -0.3 is 104 Å². The van der Waals surface area contributed by atoms with Crippen molar-refractivity contribution in [2.24, 2.45) is 47.2 Å². The number of Topliss-reactive ketones (excluding diaryl/α,β-unsaturated/α-hetero) is 4. The quantitative estimate of drug-likeness (QED) is 0.0105. The molecule has 12 atom stereocenters. The number of nitrogens with two attached hydrogens (primary N) is 1. The summed E-state index contributed by atoms with van der Waals surface area (Å²) in [5.74, 6) is -0.291. The van der Waals surface area contributed by atoms with Crippen LogP contribution in [-0.2, 0) is 126 Å². The number of likely N-dealkylation sites (N-methyl/N-ethyl adjacent to an activating group) is 2. The Morgan fingerprint density at radius 2 is 1.21 bits per heavy atom. The average Bonchev–Trinajstić information content (AvgIpc) is 1.50. The first-order valence-electron chi connectivity index (χ1n) is 47.6. The maximum atomic E-state index is 15.0. The van der Waals surface area contributed by atoms with Gasteiger partial charge in [-0.25, -0.2) is 24.2 Å². The van der Waals surface area contributed by atoms with E-state index in [1.165, 1.54) is 37.9 Å². The van der Waals surface area contributed by atoms with E-state index in [9.17, 15) is 57.8 Å². The van der Waals surface area contributed by atoms with Crippen LogP contribution in [0.2, 0.25) is 0 Å². The van der Waals surface area contributed by atoms with Gasteiger partial charge in [0.1, 0.15) is 25.5 Å². The van der Waals surface area contributed by atoms with E-state index < -0.39 is 103 Å². The summed E-state index contributed by atoms with van der Waals surface area (Å²) in [5, 5.41) is 31.1.